The van der Waals surface area contributed by atoms with E-state index in [1.54, 1.807) is 6.92 Å². The lowest BCUT2D eigenvalue weighted by Crippen LogP contribution is -2.38. The van der Waals surface area contributed by atoms with Gasteiger partial charge in [0, 0.05) is 17.3 Å². The standard InChI is InChI=1S/C19H13F9N2O/c1-8-3-5-10(6-4-8)15-12(11(31)7-9(2)29)13(17(21,22)19(26,27)28)14(16(20)30-15)18(23,24)25/h3-7H,29H2,1-2H3/b9-7-. The van der Waals surface area contributed by atoms with E-state index >= 15 is 0 Å². The minimum absolute atomic E-state index is 0.350. The number of halogens is 9. The van der Waals surface area contributed by atoms with Gasteiger partial charge in [0.2, 0.25) is 5.95 Å². The number of hydrogen-bond acceptors (Lipinski definition) is 3. The van der Waals surface area contributed by atoms with E-state index in [9.17, 15) is 44.3 Å². The molecular weight excluding hydrogens is 443 g/mol. The van der Waals surface area contributed by atoms with Gasteiger partial charge in [-0.3, -0.25) is 4.79 Å². The van der Waals surface area contributed by atoms with Crippen LogP contribution in [0.2, 0.25) is 0 Å². The van der Waals surface area contributed by atoms with E-state index in [1.807, 2.05) is 0 Å². The second kappa shape index (κ2) is 7.89. The van der Waals surface area contributed by atoms with Crippen LogP contribution in [0.25, 0.3) is 11.3 Å². The van der Waals surface area contributed by atoms with Crippen molar-refractivity contribution < 1.29 is 44.3 Å². The number of hydrogen-bond donors (Lipinski definition) is 1. The molecule has 0 bridgehead atoms. The first kappa shape index (κ1) is 24.2. The van der Waals surface area contributed by atoms with E-state index < -0.39 is 58.1 Å². The highest BCUT2D eigenvalue weighted by Crippen LogP contribution is 2.51. The Morgan fingerprint density at radius 1 is 0.968 bits per heavy atom. The first-order valence-electron chi connectivity index (χ1n) is 8.29. The van der Waals surface area contributed by atoms with Crippen molar-refractivity contribution in [3.8, 4) is 11.3 Å². The number of nitrogens with zero attached hydrogens (tertiary/aromatic N) is 1. The minimum atomic E-state index is -6.58. The number of allylic oxidation sites excluding steroid dienone is 2. The van der Waals surface area contributed by atoms with E-state index in [0.717, 1.165) is 19.1 Å². The number of alkyl halides is 8. The Morgan fingerprint density at radius 2 is 1.48 bits per heavy atom. The first-order chi connectivity index (χ1) is 14.0. The van der Waals surface area contributed by atoms with Crippen LogP contribution < -0.4 is 5.73 Å². The van der Waals surface area contributed by atoms with Crippen molar-refractivity contribution in [3.63, 3.8) is 0 Å². The molecule has 3 nitrogen and oxygen atoms in total. The highest BCUT2D eigenvalue weighted by atomic mass is 19.4. The summed E-state index contributed by atoms with van der Waals surface area (Å²) in [6, 6.07) is 4.78. The maximum absolute atomic E-state index is 14.3. The Hall–Kier alpha value is -3.05. The van der Waals surface area contributed by atoms with Gasteiger partial charge in [-0.05, 0) is 13.8 Å². The largest absolute Gasteiger partial charge is 0.458 e. The molecule has 0 atom stereocenters. The van der Waals surface area contributed by atoms with Gasteiger partial charge in [0.1, 0.15) is 5.56 Å². The molecule has 0 aliphatic carbocycles. The van der Waals surface area contributed by atoms with Crippen LogP contribution in [-0.4, -0.2) is 16.9 Å². The molecule has 0 fully saturated rings. The van der Waals surface area contributed by atoms with Crippen LogP contribution in [0.3, 0.4) is 0 Å². The summed E-state index contributed by atoms with van der Waals surface area (Å²) in [7, 11) is 0. The Bertz CT molecular complexity index is 1030. The van der Waals surface area contributed by atoms with Crippen LogP contribution in [0, 0.1) is 12.9 Å². The number of aromatic nitrogens is 1. The highest BCUT2D eigenvalue weighted by molar-refractivity contribution is 6.10. The first-order valence-corrected chi connectivity index (χ1v) is 8.29. The molecular formula is C19H13F9N2O. The number of nitrogens with two attached hydrogens (primary N) is 1. The number of ketones is 1. The SMILES string of the molecule is C/C(N)=C/C(=O)c1c(-c2ccc(C)cc2)nc(F)c(C(F)(F)F)c1C(F)(F)C(F)(F)F. The summed E-state index contributed by atoms with van der Waals surface area (Å²) in [5.41, 5.74) is -3.68. The predicted octanol–water partition coefficient (Wildman–Crippen LogP) is 5.91. The lowest BCUT2D eigenvalue weighted by atomic mass is 9.89. The fraction of sp³-hybridized carbons (Fsp3) is 0.263. The number of carbonyl (C=O) groups is 1. The Kier molecular flexibility index (Phi) is 6.17. The molecule has 31 heavy (non-hydrogen) atoms. The van der Waals surface area contributed by atoms with E-state index in [-0.39, 0.29) is 5.56 Å². The molecule has 12 heteroatoms. The molecule has 168 valence electrons. The van der Waals surface area contributed by atoms with Crippen LogP contribution in [0.4, 0.5) is 39.5 Å². The van der Waals surface area contributed by atoms with Crippen LogP contribution in [-0.2, 0) is 12.1 Å². The number of benzene rings is 1. The average molecular weight is 456 g/mol. The second-order valence-electron chi connectivity index (χ2n) is 6.56. The molecule has 1 aromatic carbocycles. The molecule has 1 aromatic heterocycles. The van der Waals surface area contributed by atoms with Crippen LogP contribution >= 0.6 is 0 Å². The normalized spacial score (nSPS) is 13.5. The summed E-state index contributed by atoms with van der Waals surface area (Å²) in [4.78, 5) is 15.5. The second-order valence-corrected chi connectivity index (χ2v) is 6.56. The third-order valence-electron chi connectivity index (χ3n) is 4.04. The zero-order valence-electron chi connectivity index (χ0n) is 15.7. The monoisotopic (exact) mass is 456 g/mol. The molecule has 2 rings (SSSR count). The van der Waals surface area contributed by atoms with Crippen LogP contribution in [0.5, 0.6) is 0 Å². The molecule has 0 saturated carbocycles. The Labute approximate surface area is 169 Å². The van der Waals surface area contributed by atoms with Crippen molar-refractivity contribution >= 4 is 5.78 Å². The smallest absolute Gasteiger partial charge is 0.402 e. The molecule has 2 aromatic rings. The number of aryl methyl sites for hydroxylation is 1. The lowest BCUT2D eigenvalue weighted by molar-refractivity contribution is -0.291. The van der Waals surface area contributed by atoms with Gasteiger partial charge in [-0.25, -0.2) is 4.98 Å². The predicted molar refractivity (Wildman–Crippen MR) is 91.6 cm³/mol. The Morgan fingerprint density at radius 3 is 1.90 bits per heavy atom. The number of pyridine rings is 1. The molecule has 0 unspecified atom stereocenters. The maximum atomic E-state index is 14.3. The highest BCUT2D eigenvalue weighted by Gasteiger charge is 2.63. The molecule has 0 spiro atoms. The van der Waals surface area contributed by atoms with Gasteiger partial charge in [-0.15, -0.1) is 0 Å². The van der Waals surface area contributed by atoms with Gasteiger partial charge in [-0.2, -0.15) is 39.5 Å². The van der Waals surface area contributed by atoms with Crippen LogP contribution in [0.15, 0.2) is 36.0 Å². The van der Waals surface area contributed by atoms with Crippen molar-refractivity contribution in [2.45, 2.75) is 32.1 Å². The van der Waals surface area contributed by atoms with E-state index in [4.69, 9.17) is 5.73 Å². The van der Waals surface area contributed by atoms with Gasteiger partial charge < -0.3 is 5.73 Å². The molecule has 2 N–H and O–H groups in total. The van der Waals surface area contributed by atoms with Gasteiger partial charge in [0.15, 0.2) is 5.78 Å². The third-order valence-corrected chi connectivity index (χ3v) is 4.04. The summed E-state index contributed by atoms with van der Waals surface area (Å²) >= 11 is 0. The topological polar surface area (TPSA) is 56.0 Å². The summed E-state index contributed by atoms with van der Waals surface area (Å²) in [5, 5.41) is 0. The van der Waals surface area contributed by atoms with Gasteiger partial charge in [-0.1, -0.05) is 29.8 Å². The molecule has 0 radical (unpaired) electrons. The molecule has 0 amide bonds. The Balaban J connectivity index is 3.17. The van der Waals surface area contributed by atoms with Crippen molar-refractivity contribution in [1.29, 1.82) is 0 Å². The zero-order chi connectivity index (χ0) is 23.9. The molecule has 0 saturated heterocycles. The average Bonchev–Trinajstić information content (AvgIpc) is 2.58. The van der Waals surface area contributed by atoms with Crippen molar-refractivity contribution in [2.75, 3.05) is 0 Å². The quantitative estimate of drug-likeness (QED) is 0.269. The van der Waals surface area contributed by atoms with Crippen LogP contribution in [0.1, 0.15) is 34.0 Å². The molecule has 1 heterocycles. The van der Waals surface area contributed by atoms with Gasteiger partial charge >= 0.3 is 18.3 Å². The lowest BCUT2D eigenvalue weighted by Gasteiger charge is -2.26. The summed E-state index contributed by atoms with van der Waals surface area (Å²) in [6.07, 6.45) is -12.3. The summed E-state index contributed by atoms with van der Waals surface area (Å²) in [6.45, 7) is 2.62. The van der Waals surface area contributed by atoms with Crippen molar-refractivity contribution in [1.82, 2.24) is 4.98 Å². The van der Waals surface area contributed by atoms with E-state index in [1.165, 1.54) is 12.1 Å². The number of carbonyl (C=O) groups excluding carboxylic acids is 1. The third kappa shape index (κ3) is 4.67. The summed E-state index contributed by atoms with van der Waals surface area (Å²) in [5.74, 6) is -10.6. The molecule has 0 aliphatic heterocycles. The van der Waals surface area contributed by atoms with Crippen molar-refractivity contribution in [3.05, 3.63) is 64.2 Å². The number of rotatable bonds is 4. The van der Waals surface area contributed by atoms with E-state index in [0.29, 0.717) is 11.6 Å². The van der Waals surface area contributed by atoms with Crippen molar-refractivity contribution in [2.24, 2.45) is 5.73 Å². The zero-order valence-corrected chi connectivity index (χ0v) is 15.7. The van der Waals surface area contributed by atoms with E-state index in [2.05, 4.69) is 4.98 Å². The fourth-order valence-electron chi connectivity index (χ4n) is 2.71. The fourth-order valence-corrected chi connectivity index (χ4v) is 2.71. The minimum Gasteiger partial charge on any atom is -0.402 e. The van der Waals surface area contributed by atoms with Gasteiger partial charge in [0.05, 0.1) is 16.8 Å². The maximum Gasteiger partial charge on any atom is 0.458 e. The molecule has 0 aliphatic rings. The van der Waals surface area contributed by atoms with Gasteiger partial charge in [0.25, 0.3) is 0 Å². The summed E-state index contributed by atoms with van der Waals surface area (Å²) < 4.78 is 122.